The van der Waals surface area contributed by atoms with Crippen LogP contribution in [0.1, 0.15) is 26.7 Å². The molecule has 0 bridgehead atoms. The molecule has 10 heteroatoms. The van der Waals surface area contributed by atoms with Gasteiger partial charge in [0.25, 0.3) is 0 Å². The van der Waals surface area contributed by atoms with Gasteiger partial charge in [-0.2, -0.15) is 0 Å². The minimum absolute atomic E-state index is 0.00976. The Labute approximate surface area is 157 Å². The van der Waals surface area contributed by atoms with Crippen LogP contribution in [0.5, 0.6) is 0 Å². The van der Waals surface area contributed by atoms with Gasteiger partial charge in [-0.3, -0.25) is 25.1 Å². The SMILES string of the molecule is CC1NCC(CN2CSC(CCO)C2C)C(NC(CC(=O)O)C(=O)O)N1. The quantitative estimate of drug-likeness (QED) is 0.295. The van der Waals surface area contributed by atoms with Crippen molar-refractivity contribution in [1.82, 2.24) is 20.9 Å². The fourth-order valence-corrected chi connectivity index (χ4v) is 4.98. The Kier molecular flexibility index (Phi) is 8.11. The Morgan fingerprint density at radius 3 is 2.69 bits per heavy atom. The molecule has 2 fully saturated rings. The largest absolute Gasteiger partial charge is 0.481 e. The number of hydrogen-bond donors (Lipinski definition) is 6. The number of aliphatic hydroxyl groups is 1. The smallest absolute Gasteiger partial charge is 0.321 e. The van der Waals surface area contributed by atoms with Crippen molar-refractivity contribution in [3.63, 3.8) is 0 Å². The molecule has 0 aromatic rings. The van der Waals surface area contributed by atoms with E-state index in [1.54, 1.807) is 0 Å². The van der Waals surface area contributed by atoms with Gasteiger partial charge in [0.2, 0.25) is 0 Å². The first-order valence-corrected chi connectivity index (χ1v) is 10.0. The van der Waals surface area contributed by atoms with Crippen LogP contribution in [0.4, 0.5) is 0 Å². The maximum Gasteiger partial charge on any atom is 0.321 e. The van der Waals surface area contributed by atoms with Crippen molar-refractivity contribution in [2.75, 3.05) is 25.6 Å². The van der Waals surface area contributed by atoms with Crippen LogP contribution in [0.2, 0.25) is 0 Å². The molecule has 0 saturated carbocycles. The molecule has 0 spiro atoms. The van der Waals surface area contributed by atoms with Gasteiger partial charge in [-0.1, -0.05) is 0 Å². The van der Waals surface area contributed by atoms with E-state index in [1.807, 2.05) is 18.7 Å². The van der Waals surface area contributed by atoms with E-state index in [1.165, 1.54) is 0 Å². The van der Waals surface area contributed by atoms with Crippen molar-refractivity contribution in [1.29, 1.82) is 0 Å². The van der Waals surface area contributed by atoms with Gasteiger partial charge in [-0.05, 0) is 20.3 Å². The molecular weight excluding hydrogens is 360 g/mol. The number of nitrogens with one attached hydrogen (secondary N) is 3. The molecule has 6 atom stereocenters. The zero-order valence-corrected chi connectivity index (χ0v) is 16.0. The first kappa shape index (κ1) is 21.4. The summed E-state index contributed by atoms with van der Waals surface area (Å²) >= 11 is 1.83. The molecule has 26 heavy (non-hydrogen) atoms. The van der Waals surface area contributed by atoms with Crippen molar-refractivity contribution in [2.45, 2.75) is 56.4 Å². The summed E-state index contributed by atoms with van der Waals surface area (Å²) < 4.78 is 0. The van der Waals surface area contributed by atoms with Gasteiger partial charge in [0.1, 0.15) is 6.04 Å². The second-order valence-electron chi connectivity index (χ2n) is 7.05. The number of aliphatic hydroxyl groups excluding tert-OH is 1. The van der Waals surface area contributed by atoms with E-state index in [0.29, 0.717) is 17.8 Å². The zero-order chi connectivity index (χ0) is 19.3. The fraction of sp³-hybridized carbons (Fsp3) is 0.875. The number of thioether (sulfide) groups is 1. The number of aliphatic carboxylic acids is 2. The average molecular weight is 391 g/mol. The Hall–Kier alpha value is -0.910. The lowest BCUT2D eigenvalue weighted by Crippen LogP contribution is -2.66. The summed E-state index contributed by atoms with van der Waals surface area (Å²) in [6, 6.07) is -0.799. The van der Waals surface area contributed by atoms with Gasteiger partial charge in [0.05, 0.1) is 18.8 Å². The number of carboxylic acids is 2. The molecule has 9 nitrogen and oxygen atoms in total. The van der Waals surface area contributed by atoms with Gasteiger partial charge in [0.15, 0.2) is 0 Å². The van der Waals surface area contributed by atoms with Gasteiger partial charge in [-0.15, -0.1) is 11.8 Å². The van der Waals surface area contributed by atoms with Crippen LogP contribution in [0.15, 0.2) is 0 Å². The third kappa shape index (κ3) is 5.80. The minimum Gasteiger partial charge on any atom is -0.481 e. The van der Waals surface area contributed by atoms with E-state index >= 15 is 0 Å². The summed E-state index contributed by atoms with van der Waals surface area (Å²) in [5.41, 5.74) is 0. The Morgan fingerprint density at radius 2 is 2.08 bits per heavy atom. The molecule has 2 rings (SSSR count). The third-order valence-electron chi connectivity index (χ3n) is 5.10. The molecule has 0 radical (unpaired) electrons. The highest BCUT2D eigenvalue weighted by Gasteiger charge is 2.37. The summed E-state index contributed by atoms with van der Waals surface area (Å²) in [5.74, 6) is -1.33. The van der Waals surface area contributed by atoms with Crippen LogP contribution in [-0.2, 0) is 9.59 Å². The lowest BCUT2D eigenvalue weighted by atomic mass is 9.99. The van der Waals surface area contributed by atoms with Crippen molar-refractivity contribution >= 4 is 23.7 Å². The maximum absolute atomic E-state index is 11.4. The minimum atomic E-state index is -1.16. The summed E-state index contributed by atoms with van der Waals surface area (Å²) in [7, 11) is 0. The third-order valence-corrected chi connectivity index (χ3v) is 6.63. The second-order valence-corrected chi connectivity index (χ2v) is 8.25. The van der Waals surface area contributed by atoms with Crippen LogP contribution in [0.25, 0.3) is 0 Å². The van der Waals surface area contributed by atoms with Crippen LogP contribution in [0, 0.1) is 5.92 Å². The van der Waals surface area contributed by atoms with E-state index in [2.05, 4.69) is 27.8 Å². The van der Waals surface area contributed by atoms with Gasteiger partial charge in [-0.25, -0.2) is 0 Å². The van der Waals surface area contributed by atoms with Crippen LogP contribution in [-0.4, -0.2) is 87.4 Å². The summed E-state index contributed by atoms with van der Waals surface area (Å²) in [6.07, 6.45) is 0.0229. The number of carbonyl (C=O) groups is 2. The second kappa shape index (κ2) is 9.86. The summed E-state index contributed by atoms with van der Waals surface area (Å²) in [4.78, 5) is 24.7. The maximum atomic E-state index is 11.4. The van der Waals surface area contributed by atoms with Gasteiger partial charge in [0, 0.05) is 42.8 Å². The van der Waals surface area contributed by atoms with E-state index in [0.717, 1.165) is 18.8 Å². The molecular formula is C16H30N4O5S. The average Bonchev–Trinajstić information content (AvgIpc) is 2.90. The Bertz CT molecular complexity index is 497. The van der Waals surface area contributed by atoms with Crippen LogP contribution in [0.3, 0.4) is 0 Å². The standard InChI is InChI=1S/C16H30N4O5S/c1-9-13(3-4-21)26-8-20(9)7-11-6-17-10(2)18-15(11)19-12(16(24)25)5-14(22)23/h9-13,15,17-19,21H,3-8H2,1-2H3,(H,22,23)(H,24,25). The predicted molar refractivity (Wildman–Crippen MR) is 98.8 cm³/mol. The van der Waals surface area contributed by atoms with Crippen LogP contribution < -0.4 is 16.0 Å². The molecule has 6 N–H and O–H groups in total. The molecule has 6 unspecified atom stereocenters. The number of nitrogens with zero attached hydrogens (tertiary/aromatic N) is 1. The van der Waals surface area contributed by atoms with Crippen molar-refractivity contribution in [2.24, 2.45) is 5.92 Å². The zero-order valence-electron chi connectivity index (χ0n) is 15.2. The number of carboxylic acid groups (broad SMARTS) is 2. The summed E-state index contributed by atoms with van der Waals surface area (Å²) in [5, 5.41) is 37.5. The molecule has 0 aliphatic carbocycles. The highest BCUT2D eigenvalue weighted by atomic mass is 32.2. The van der Waals surface area contributed by atoms with E-state index < -0.39 is 24.4 Å². The topological polar surface area (TPSA) is 134 Å². The number of rotatable bonds is 9. The lowest BCUT2D eigenvalue weighted by molar-refractivity contribution is -0.146. The normalized spacial score (nSPS) is 33.9. The van der Waals surface area contributed by atoms with Crippen LogP contribution >= 0.6 is 11.8 Å². The predicted octanol–water partition coefficient (Wildman–Crippen LogP) is -0.869. The van der Waals surface area contributed by atoms with E-state index in [9.17, 15) is 19.8 Å². The molecule has 2 aliphatic heterocycles. The fourth-order valence-electron chi connectivity index (χ4n) is 3.53. The highest BCUT2D eigenvalue weighted by molar-refractivity contribution is 8.00. The van der Waals surface area contributed by atoms with E-state index in [-0.39, 0.29) is 24.9 Å². The Morgan fingerprint density at radius 1 is 1.35 bits per heavy atom. The molecule has 2 aliphatic rings. The van der Waals surface area contributed by atoms with Gasteiger partial charge >= 0.3 is 11.9 Å². The first-order valence-electron chi connectivity index (χ1n) is 8.98. The van der Waals surface area contributed by atoms with Crippen molar-refractivity contribution in [3.05, 3.63) is 0 Å². The molecule has 2 saturated heterocycles. The van der Waals surface area contributed by atoms with Crippen molar-refractivity contribution < 1.29 is 24.9 Å². The first-order chi connectivity index (χ1) is 12.3. The molecule has 0 aromatic carbocycles. The van der Waals surface area contributed by atoms with Crippen molar-refractivity contribution in [3.8, 4) is 0 Å². The molecule has 2 heterocycles. The Balaban J connectivity index is 2.00. The monoisotopic (exact) mass is 390 g/mol. The lowest BCUT2D eigenvalue weighted by Gasteiger charge is -2.41. The molecule has 0 amide bonds. The molecule has 150 valence electrons. The van der Waals surface area contributed by atoms with E-state index in [4.69, 9.17) is 5.11 Å². The highest BCUT2D eigenvalue weighted by Crippen LogP contribution is 2.32. The molecule has 0 aromatic heterocycles. The number of hydrogen-bond acceptors (Lipinski definition) is 8. The summed E-state index contributed by atoms with van der Waals surface area (Å²) in [6.45, 7) is 5.76. The van der Waals surface area contributed by atoms with Gasteiger partial charge < -0.3 is 20.6 Å².